The molecule has 5 nitrogen and oxygen atoms in total. The van der Waals surface area contributed by atoms with Gasteiger partial charge in [-0.25, -0.2) is 0 Å². The van der Waals surface area contributed by atoms with Gasteiger partial charge in [0, 0.05) is 18.7 Å². The van der Waals surface area contributed by atoms with Crippen molar-refractivity contribution in [2.75, 3.05) is 26.0 Å². The number of hydrogen-bond acceptors (Lipinski definition) is 3. The molecule has 1 aromatic rings. The molecule has 1 rings (SSSR count). The first kappa shape index (κ1) is 16.5. The van der Waals surface area contributed by atoms with E-state index in [-0.39, 0.29) is 24.4 Å². The molecule has 0 aromatic heterocycles. The Morgan fingerprint density at radius 3 is 2.55 bits per heavy atom. The van der Waals surface area contributed by atoms with Crippen LogP contribution in [0.15, 0.2) is 18.2 Å². The van der Waals surface area contributed by atoms with Gasteiger partial charge in [0.2, 0.25) is 5.91 Å². The third-order valence-electron chi connectivity index (χ3n) is 2.92. The Morgan fingerprint density at radius 2 is 2.00 bits per heavy atom. The van der Waals surface area contributed by atoms with E-state index in [1.165, 1.54) is 0 Å². The van der Waals surface area contributed by atoms with Gasteiger partial charge in [-0.15, -0.1) is 0 Å². The number of nitrogens with zero attached hydrogens (tertiary/aromatic N) is 1. The minimum absolute atomic E-state index is 0.0977. The lowest BCUT2D eigenvalue weighted by Crippen LogP contribution is -2.33. The van der Waals surface area contributed by atoms with Gasteiger partial charge in [-0.2, -0.15) is 0 Å². The van der Waals surface area contributed by atoms with E-state index in [1.54, 1.807) is 37.2 Å². The number of rotatable bonds is 5. The van der Waals surface area contributed by atoms with Crippen molar-refractivity contribution >= 4 is 29.1 Å². The van der Waals surface area contributed by atoms with Crippen molar-refractivity contribution in [2.45, 2.75) is 19.9 Å². The second-order valence-corrected chi connectivity index (χ2v) is 5.19. The molecule has 2 N–H and O–H groups in total. The minimum Gasteiger partial charge on any atom is -0.339 e. The van der Waals surface area contributed by atoms with Gasteiger partial charge in [0.25, 0.3) is 5.91 Å². The number of halogens is 1. The van der Waals surface area contributed by atoms with Crippen molar-refractivity contribution in [1.82, 2.24) is 10.2 Å². The van der Waals surface area contributed by atoms with E-state index in [4.69, 9.17) is 11.6 Å². The number of carbonyl (C=O) groups excluding carboxylic acids is 2. The standard InChI is InChI=1S/C14H20ClN3O2/c1-9(2)18(4)14(20)10-5-6-11(15)12(7-10)17-13(19)8-16-3/h5-7,9,16H,8H2,1-4H3,(H,17,19). The van der Waals surface area contributed by atoms with Gasteiger partial charge < -0.3 is 15.5 Å². The summed E-state index contributed by atoms with van der Waals surface area (Å²) < 4.78 is 0. The zero-order chi connectivity index (χ0) is 15.3. The van der Waals surface area contributed by atoms with E-state index in [9.17, 15) is 9.59 Å². The second kappa shape index (κ2) is 7.26. The van der Waals surface area contributed by atoms with Gasteiger partial charge in [0.1, 0.15) is 0 Å². The predicted molar refractivity (Wildman–Crippen MR) is 81.2 cm³/mol. The smallest absolute Gasteiger partial charge is 0.253 e. The molecule has 20 heavy (non-hydrogen) atoms. The summed E-state index contributed by atoms with van der Waals surface area (Å²) in [4.78, 5) is 25.4. The number of hydrogen-bond donors (Lipinski definition) is 2. The van der Waals surface area contributed by atoms with Crippen LogP contribution >= 0.6 is 11.6 Å². The van der Waals surface area contributed by atoms with Crippen LogP contribution in [-0.4, -0.2) is 43.4 Å². The van der Waals surface area contributed by atoms with Crippen molar-refractivity contribution in [3.63, 3.8) is 0 Å². The Labute approximate surface area is 124 Å². The molecule has 0 aliphatic heterocycles. The highest BCUT2D eigenvalue weighted by Gasteiger charge is 2.16. The lowest BCUT2D eigenvalue weighted by Gasteiger charge is -2.22. The van der Waals surface area contributed by atoms with Crippen LogP contribution in [0.4, 0.5) is 5.69 Å². The average Bonchev–Trinajstić information content (AvgIpc) is 2.39. The highest BCUT2D eigenvalue weighted by molar-refractivity contribution is 6.33. The SMILES string of the molecule is CNCC(=O)Nc1cc(C(=O)N(C)C(C)C)ccc1Cl. The minimum atomic E-state index is -0.212. The first-order valence-corrected chi connectivity index (χ1v) is 6.75. The van der Waals surface area contributed by atoms with Gasteiger partial charge in [-0.3, -0.25) is 9.59 Å². The van der Waals surface area contributed by atoms with Gasteiger partial charge in [0.05, 0.1) is 17.3 Å². The summed E-state index contributed by atoms with van der Waals surface area (Å²) in [7, 11) is 3.42. The molecular formula is C14H20ClN3O2. The normalized spacial score (nSPS) is 10.5. The van der Waals surface area contributed by atoms with Crippen LogP contribution in [0.2, 0.25) is 5.02 Å². The van der Waals surface area contributed by atoms with Gasteiger partial charge in [-0.1, -0.05) is 11.6 Å². The molecule has 0 spiro atoms. The third kappa shape index (κ3) is 4.21. The Kier molecular flexibility index (Phi) is 5.98. The van der Waals surface area contributed by atoms with Crippen molar-refractivity contribution in [3.8, 4) is 0 Å². The maximum atomic E-state index is 12.2. The quantitative estimate of drug-likeness (QED) is 0.873. The predicted octanol–water partition coefficient (Wildman–Crippen LogP) is 1.98. The molecule has 0 saturated heterocycles. The zero-order valence-electron chi connectivity index (χ0n) is 12.2. The zero-order valence-corrected chi connectivity index (χ0v) is 12.9. The molecule has 0 unspecified atom stereocenters. The van der Waals surface area contributed by atoms with Crippen molar-refractivity contribution in [2.24, 2.45) is 0 Å². The molecule has 0 saturated carbocycles. The fourth-order valence-corrected chi connectivity index (χ4v) is 1.71. The van der Waals surface area contributed by atoms with Gasteiger partial charge >= 0.3 is 0 Å². The molecule has 0 fully saturated rings. The summed E-state index contributed by atoms with van der Waals surface area (Å²) in [6.07, 6.45) is 0. The molecule has 0 radical (unpaired) electrons. The third-order valence-corrected chi connectivity index (χ3v) is 3.25. The van der Waals surface area contributed by atoms with Crippen molar-refractivity contribution in [3.05, 3.63) is 28.8 Å². The highest BCUT2D eigenvalue weighted by atomic mass is 35.5. The summed E-state index contributed by atoms with van der Waals surface area (Å²) in [6.45, 7) is 4.05. The maximum absolute atomic E-state index is 12.2. The summed E-state index contributed by atoms with van der Waals surface area (Å²) in [5.41, 5.74) is 0.931. The summed E-state index contributed by atoms with van der Waals surface area (Å²) in [6, 6.07) is 4.95. The maximum Gasteiger partial charge on any atom is 0.253 e. The largest absolute Gasteiger partial charge is 0.339 e. The number of amides is 2. The Bertz CT molecular complexity index is 503. The van der Waals surface area contributed by atoms with E-state index in [2.05, 4.69) is 10.6 Å². The molecule has 2 amide bonds. The van der Waals surface area contributed by atoms with Gasteiger partial charge in [-0.05, 0) is 39.1 Å². The Morgan fingerprint density at radius 1 is 1.35 bits per heavy atom. The van der Waals surface area contributed by atoms with E-state index in [0.717, 1.165) is 0 Å². The fourth-order valence-electron chi connectivity index (χ4n) is 1.55. The molecule has 0 aliphatic carbocycles. The lowest BCUT2D eigenvalue weighted by atomic mass is 10.1. The van der Waals surface area contributed by atoms with Crippen molar-refractivity contribution in [1.29, 1.82) is 0 Å². The summed E-state index contributed by atoms with van der Waals surface area (Å²) >= 11 is 6.03. The molecule has 0 aliphatic rings. The molecule has 110 valence electrons. The van der Waals surface area contributed by atoms with Gasteiger partial charge in [0.15, 0.2) is 0 Å². The van der Waals surface area contributed by atoms with E-state index in [0.29, 0.717) is 16.3 Å². The Hall–Kier alpha value is -1.59. The Balaban J connectivity index is 2.96. The molecular weight excluding hydrogens is 278 g/mol. The second-order valence-electron chi connectivity index (χ2n) is 4.78. The first-order valence-electron chi connectivity index (χ1n) is 6.38. The topological polar surface area (TPSA) is 61.4 Å². The van der Waals surface area contributed by atoms with Crippen LogP contribution in [0, 0.1) is 0 Å². The number of nitrogens with one attached hydrogen (secondary N) is 2. The first-order chi connectivity index (χ1) is 9.36. The fraction of sp³-hybridized carbons (Fsp3) is 0.429. The molecule has 0 bridgehead atoms. The average molecular weight is 298 g/mol. The number of anilines is 1. The summed E-state index contributed by atoms with van der Waals surface area (Å²) in [5.74, 6) is -0.322. The van der Waals surface area contributed by atoms with E-state index in [1.807, 2.05) is 13.8 Å². The summed E-state index contributed by atoms with van der Waals surface area (Å²) in [5, 5.41) is 5.82. The van der Waals surface area contributed by atoms with Crippen LogP contribution < -0.4 is 10.6 Å². The molecule has 0 atom stereocenters. The number of benzene rings is 1. The highest BCUT2D eigenvalue weighted by Crippen LogP contribution is 2.23. The van der Waals surface area contributed by atoms with E-state index >= 15 is 0 Å². The van der Waals surface area contributed by atoms with E-state index < -0.39 is 0 Å². The molecule has 0 heterocycles. The molecule has 6 heteroatoms. The lowest BCUT2D eigenvalue weighted by molar-refractivity contribution is -0.115. The van der Waals surface area contributed by atoms with Crippen LogP contribution in [0.5, 0.6) is 0 Å². The van der Waals surface area contributed by atoms with Crippen molar-refractivity contribution < 1.29 is 9.59 Å². The number of carbonyl (C=O) groups is 2. The molecule has 1 aromatic carbocycles. The van der Waals surface area contributed by atoms with Crippen LogP contribution in [-0.2, 0) is 4.79 Å². The van der Waals surface area contributed by atoms with Crippen LogP contribution in [0.25, 0.3) is 0 Å². The monoisotopic (exact) mass is 297 g/mol. The number of likely N-dealkylation sites (N-methyl/N-ethyl adjacent to an activating group) is 1. The van der Waals surface area contributed by atoms with Crippen LogP contribution in [0.1, 0.15) is 24.2 Å². The van der Waals surface area contributed by atoms with Crippen LogP contribution in [0.3, 0.4) is 0 Å².